The number of nitrogens with zero attached hydrogens (tertiary/aromatic N) is 1. The maximum Gasteiger partial charge on any atom is 0.290 e. The molecule has 2 aromatic carbocycles. The van der Waals surface area contributed by atoms with Crippen molar-refractivity contribution >= 4 is 22.8 Å². The molecule has 3 N–H and O–H groups in total. The van der Waals surface area contributed by atoms with Crippen LogP contribution in [-0.2, 0) is 4.79 Å². The lowest BCUT2D eigenvalue weighted by Gasteiger charge is -2.58. The fourth-order valence-corrected chi connectivity index (χ4v) is 9.79. The van der Waals surface area contributed by atoms with Crippen LogP contribution in [0.15, 0.2) is 64.6 Å². The molecule has 4 atom stereocenters. The molecule has 2 heterocycles. The normalized spacial score (nSPS) is 32.4. The number of ether oxygens (including phenoxy) is 2. The SMILES string of the molecule is COc1cccc2cc(C(=O)N(CC34CC5CC(CC(C5)C3)C4)[C@@H]3C=C(C(=O)NCCO)[C@@H]4c5ccccc5O[C@@H]4[C@H]3O)oc12. The molecule has 45 heavy (non-hydrogen) atoms. The van der Waals surface area contributed by atoms with E-state index in [0.29, 0.717) is 47.0 Å². The van der Waals surface area contributed by atoms with Crippen LogP contribution in [0.1, 0.15) is 60.6 Å². The summed E-state index contributed by atoms with van der Waals surface area (Å²) in [5, 5.41) is 25.1. The van der Waals surface area contributed by atoms with E-state index in [1.807, 2.05) is 36.4 Å². The number of amides is 2. The molecule has 1 aliphatic heterocycles. The maximum absolute atomic E-state index is 14.7. The number of fused-ring (bicyclic) bond motifs is 4. The quantitative estimate of drug-likeness (QED) is 0.344. The Kier molecular flexibility index (Phi) is 6.95. The summed E-state index contributed by atoms with van der Waals surface area (Å²) < 4.78 is 18.0. The van der Waals surface area contributed by atoms with Gasteiger partial charge in [0.25, 0.3) is 5.91 Å². The molecule has 4 saturated carbocycles. The number of rotatable bonds is 8. The maximum atomic E-state index is 14.7. The second-order valence-electron chi connectivity index (χ2n) is 14.0. The Morgan fingerprint density at radius 3 is 2.49 bits per heavy atom. The summed E-state index contributed by atoms with van der Waals surface area (Å²) in [6.45, 7) is 0.371. The molecule has 236 valence electrons. The summed E-state index contributed by atoms with van der Waals surface area (Å²) >= 11 is 0. The molecule has 0 saturated heterocycles. The molecule has 9 heteroatoms. The van der Waals surface area contributed by atoms with Gasteiger partial charge in [-0.3, -0.25) is 9.59 Å². The van der Waals surface area contributed by atoms with Gasteiger partial charge in [-0.15, -0.1) is 0 Å². The largest absolute Gasteiger partial charge is 0.493 e. The number of methoxy groups -OCH3 is 1. The topological polar surface area (TPSA) is 121 Å². The zero-order chi connectivity index (χ0) is 30.9. The standard InChI is InChI=1S/C36H40N2O7/c1-43-28-8-4-5-23-14-29(45-32(23)28)35(42)38(19-36-16-20-11-21(17-36)13-22(12-20)18-36)26-15-25(34(41)37-9-10-39)30-24-6-2-3-7-27(24)44-33(30)31(26)40/h2-8,14-15,20-22,26,30-31,33,39-40H,9-13,16-19H2,1H3,(H,37,41)/t20?,21?,22?,26-,30+,31+,33+,36?/m1/s1. The molecular formula is C36H40N2O7. The Balaban J connectivity index is 1.23. The molecule has 0 radical (unpaired) electrons. The molecular weight excluding hydrogens is 572 g/mol. The van der Waals surface area contributed by atoms with Gasteiger partial charge in [-0.05, 0) is 86.0 Å². The molecule has 9 nitrogen and oxygen atoms in total. The monoisotopic (exact) mass is 612 g/mol. The summed E-state index contributed by atoms with van der Waals surface area (Å²) in [5.41, 5.74) is 1.71. The predicted molar refractivity (Wildman–Crippen MR) is 166 cm³/mol. The van der Waals surface area contributed by atoms with E-state index in [1.165, 1.54) is 19.3 Å². The molecule has 4 fully saturated rings. The Morgan fingerprint density at radius 2 is 1.78 bits per heavy atom. The molecule has 0 unspecified atom stereocenters. The third kappa shape index (κ3) is 4.74. The summed E-state index contributed by atoms with van der Waals surface area (Å²) in [7, 11) is 1.57. The van der Waals surface area contributed by atoms with Crippen molar-refractivity contribution in [3.8, 4) is 11.5 Å². The van der Waals surface area contributed by atoms with Crippen LogP contribution in [0.4, 0.5) is 0 Å². The first-order valence-electron chi connectivity index (χ1n) is 16.3. The number of benzene rings is 2. The highest BCUT2D eigenvalue weighted by molar-refractivity contribution is 5.99. The van der Waals surface area contributed by atoms with E-state index in [4.69, 9.17) is 13.9 Å². The lowest BCUT2D eigenvalue weighted by Crippen LogP contribution is -2.59. The van der Waals surface area contributed by atoms with E-state index in [-0.39, 0.29) is 36.1 Å². The zero-order valence-corrected chi connectivity index (χ0v) is 25.5. The molecule has 4 bridgehead atoms. The minimum Gasteiger partial charge on any atom is -0.493 e. The van der Waals surface area contributed by atoms with Crippen molar-refractivity contribution in [1.29, 1.82) is 0 Å². The second-order valence-corrected chi connectivity index (χ2v) is 14.0. The first-order chi connectivity index (χ1) is 21.9. The minimum atomic E-state index is -1.09. The summed E-state index contributed by atoms with van der Waals surface area (Å²) in [4.78, 5) is 30.1. The Hall–Kier alpha value is -3.82. The van der Waals surface area contributed by atoms with Crippen molar-refractivity contribution in [2.45, 2.75) is 62.7 Å². The van der Waals surface area contributed by atoms with Gasteiger partial charge < -0.3 is 34.3 Å². The van der Waals surface area contributed by atoms with Gasteiger partial charge in [-0.25, -0.2) is 0 Å². The van der Waals surface area contributed by atoms with E-state index in [2.05, 4.69) is 5.32 Å². The number of carbonyl (C=O) groups excluding carboxylic acids is 2. The Morgan fingerprint density at radius 1 is 1.04 bits per heavy atom. The van der Waals surface area contributed by atoms with Crippen LogP contribution in [0.3, 0.4) is 0 Å². The summed E-state index contributed by atoms with van der Waals surface area (Å²) in [5.74, 6) is 2.19. The lowest BCUT2D eigenvalue weighted by molar-refractivity contribution is -0.119. The van der Waals surface area contributed by atoms with Gasteiger partial charge in [-0.1, -0.05) is 30.3 Å². The van der Waals surface area contributed by atoms with Crippen LogP contribution in [0.25, 0.3) is 11.0 Å². The summed E-state index contributed by atoms with van der Waals surface area (Å²) in [6.07, 6.45) is 6.95. The van der Waals surface area contributed by atoms with Crippen LogP contribution >= 0.6 is 0 Å². The number of aliphatic hydroxyl groups excluding tert-OH is 2. The van der Waals surface area contributed by atoms with E-state index in [1.54, 1.807) is 30.2 Å². The average Bonchev–Trinajstić information content (AvgIpc) is 3.65. The number of carbonyl (C=O) groups is 2. The van der Waals surface area contributed by atoms with Crippen molar-refractivity contribution in [3.63, 3.8) is 0 Å². The highest BCUT2D eigenvalue weighted by Crippen LogP contribution is 2.60. The van der Waals surface area contributed by atoms with Crippen LogP contribution in [0.2, 0.25) is 0 Å². The van der Waals surface area contributed by atoms with Crippen molar-refractivity contribution in [2.75, 3.05) is 26.8 Å². The van der Waals surface area contributed by atoms with Crippen molar-refractivity contribution in [1.82, 2.24) is 10.2 Å². The van der Waals surface area contributed by atoms with E-state index >= 15 is 0 Å². The fraction of sp³-hybridized carbons (Fsp3) is 0.500. The predicted octanol–water partition coefficient (Wildman–Crippen LogP) is 4.42. The molecule has 2 amide bonds. The Labute approximate surface area is 262 Å². The number of para-hydroxylation sites is 2. The van der Waals surface area contributed by atoms with Crippen molar-refractivity contribution in [2.24, 2.45) is 23.2 Å². The Bertz CT molecular complexity index is 1640. The van der Waals surface area contributed by atoms with Crippen molar-refractivity contribution in [3.05, 3.63) is 71.5 Å². The van der Waals surface area contributed by atoms with Gasteiger partial charge >= 0.3 is 0 Å². The zero-order valence-electron chi connectivity index (χ0n) is 25.5. The number of hydrogen-bond acceptors (Lipinski definition) is 7. The second kappa shape index (κ2) is 10.9. The van der Waals surface area contributed by atoms with Gasteiger partial charge in [0.1, 0.15) is 18.0 Å². The molecule has 3 aromatic rings. The third-order valence-corrected chi connectivity index (χ3v) is 11.1. The van der Waals surface area contributed by atoms with E-state index in [0.717, 1.165) is 30.2 Å². The van der Waals surface area contributed by atoms with Gasteiger partial charge in [0.2, 0.25) is 5.91 Å². The molecule has 1 aromatic heterocycles. The first-order valence-corrected chi connectivity index (χ1v) is 16.3. The molecule has 0 spiro atoms. The van der Waals surface area contributed by atoms with E-state index < -0.39 is 24.2 Å². The minimum absolute atomic E-state index is 0.0443. The molecule has 5 aliphatic carbocycles. The van der Waals surface area contributed by atoms with Crippen molar-refractivity contribution < 1.29 is 33.7 Å². The first kappa shape index (κ1) is 28.6. The van der Waals surface area contributed by atoms with Crippen LogP contribution in [0, 0.1) is 23.2 Å². The van der Waals surface area contributed by atoms with E-state index in [9.17, 15) is 19.8 Å². The van der Waals surface area contributed by atoms with Gasteiger partial charge in [-0.2, -0.15) is 0 Å². The highest BCUT2D eigenvalue weighted by atomic mass is 16.5. The van der Waals surface area contributed by atoms with Gasteiger partial charge in [0, 0.05) is 29.6 Å². The molecule has 9 rings (SSSR count). The number of nitrogens with one attached hydrogen (secondary N) is 1. The third-order valence-electron chi connectivity index (χ3n) is 11.1. The van der Waals surface area contributed by atoms with Gasteiger partial charge in [0.05, 0.1) is 25.7 Å². The smallest absolute Gasteiger partial charge is 0.290 e. The number of furan rings is 1. The van der Waals surface area contributed by atoms with Crippen LogP contribution < -0.4 is 14.8 Å². The fourth-order valence-electron chi connectivity index (χ4n) is 9.79. The summed E-state index contributed by atoms with van der Waals surface area (Å²) in [6, 6.07) is 14.0. The highest BCUT2D eigenvalue weighted by Gasteiger charge is 2.55. The number of aliphatic hydroxyl groups is 2. The average molecular weight is 613 g/mol. The lowest BCUT2D eigenvalue weighted by atomic mass is 9.49. The van der Waals surface area contributed by atoms with Crippen LogP contribution in [-0.4, -0.2) is 72.0 Å². The number of hydrogen-bond donors (Lipinski definition) is 3. The van der Waals surface area contributed by atoms with Crippen LogP contribution in [0.5, 0.6) is 11.5 Å². The van der Waals surface area contributed by atoms with Gasteiger partial charge in [0.15, 0.2) is 17.1 Å². The molecule has 6 aliphatic rings.